The smallest absolute Gasteiger partial charge is 0.293 e. The molecule has 0 aliphatic rings. The van der Waals surface area contributed by atoms with Crippen LogP contribution in [-0.4, -0.2) is 25.1 Å². The van der Waals surface area contributed by atoms with E-state index in [2.05, 4.69) is 36.4 Å². The predicted molar refractivity (Wildman–Crippen MR) is 76.3 cm³/mol. The van der Waals surface area contributed by atoms with Crippen LogP contribution in [0.3, 0.4) is 0 Å². The van der Waals surface area contributed by atoms with E-state index in [4.69, 9.17) is 8.94 Å². The van der Waals surface area contributed by atoms with Crippen LogP contribution in [0.1, 0.15) is 5.82 Å². The third-order valence-electron chi connectivity index (χ3n) is 2.95. The van der Waals surface area contributed by atoms with E-state index in [-0.39, 0.29) is 0 Å². The summed E-state index contributed by atoms with van der Waals surface area (Å²) in [6, 6.07) is 7.68. The van der Waals surface area contributed by atoms with Crippen LogP contribution in [0, 0.1) is 0 Å². The van der Waals surface area contributed by atoms with Gasteiger partial charge in [0.25, 0.3) is 5.89 Å². The van der Waals surface area contributed by atoms with Gasteiger partial charge >= 0.3 is 0 Å². The molecule has 4 aromatic rings. The number of rotatable bonds is 3. The number of hydrogen-bond acceptors (Lipinski definition) is 6. The Balaban J connectivity index is 1.69. The SMILES string of the molecule is Brc1cccc2cc(-c3nc(Cn4ccnn4)no3)oc12. The molecule has 0 aliphatic carbocycles. The van der Waals surface area contributed by atoms with Crippen LogP contribution in [0.2, 0.25) is 0 Å². The first-order valence-corrected chi connectivity index (χ1v) is 6.94. The van der Waals surface area contributed by atoms with Crippen molar-refractivity contribution in [3.8, 4) is 11.7 Å². The number of halogens is 1. The van der Waals surface area contributed by atoms with Crippen molar-refractivity contribution in [1.29, 1.82) is 0 Å². The Morgan fingerprint density at radius 3 is 3.05 bits per heavy atom. The lowest BCUT2D eigenvalue weighted by molar-refractivity contribution is 0.408. The summed E-state index contributed by atoms with van der Waals surface area (Å²) < 4.78 is 13.5. The standard InChI is InChI=1S/C13H8BrN5O2/c14-9-3-1-2-8-6-10(20-12(8)9)13-16-11(17-21-13)7-19-5-4-15-18-19/h1-6H,7H2. The van der Waals surface area contributed by atoms with Gasteiger partial charge in [-0.15, -0.1) is 5.10 Å². The summed E-state index contributed by atoms with van der Waals surface area (Å²) in [6.07, 6.45) is 3.33. The second kappa shape index (κ2) is 4.81. The van der Waals surface area contributed by atoms with Gasteiger partial charge < -0.3 is 8.94 Å². The number of benzene rings is 1. The molecule has 1 aromatic carbocycles. The Morgan fingerprint density at radius 1 is 1.29 bits per heavy atom. The fraction of sp³-hybridized carbons (Fsp3) is 0.0769. The Labute approximate surface area is 126 Å². The zero-order chi connectivity index (χ0) is 14.2. The van der Waals surface area contributed by atoms with Crippen molar-refractivity contribution in [2.24, 2.45) is 0 Å². The highest BCUT2D eigenvalue weighted by atomic mass is 79.9. The topological polar surface area (TPSA) is 82.8 Å². The molecule has 0 spiro atoms. The molecular formula is C13H8BrN5O2. The minimum atomic E-state index is 0.341. The first-order valence-electron chi connectivity index (χ1n) is 6.15. The highest BCUT2D eigenvalue weighted by molar-refractivity contribution is 9.10. The minimum Gasteiger partial charge on any atom is -0.450 e. The summed E-state index contributed by atoms with van der Waals surface area (Å²) >= 11 is 3.45. The van der Waals surface area contributed by atoms with Gasteiger partial charge in [0.15, 0.2) is 11.6 Å². The molecule has 3 aromatic heterocycles. The highest BCUT2D eigenvalue weighted by Crippen LogP contribution is 2.31. The number of para-hydroxylation sites is 1. The van der Waals surface area contributed by atoms with E-state index in [1.807, 2.05) is 24.3 Å². The largest absolute Gasteiger partial charge is 0.450 e. The molecule has 4 rings (SSSR count). The number of aromatic nitrogens is 5. The summed E-state index contributed by atoms with van der Waals surface area (Å²) in [5.74, 6) is 1.39. The molecule has 0 fully saturated rings. The van der Waals surface area contributed by atoms with Gasteiger partial charge in [0.1, 0.15) is 12.1 Å². The van der Waals surface area contributed by atoms with Crippen LogP contribution < -0.4 is 0 Å². The van der Waals surface area contributed by atoms with E-state index in [1.165, 1.54) is 0 Å². The van der Waals surface area contributed by atoms with Gasteiger partial charge in [0, 0.05) is 11.6 Å². The number of hydrogen-bond donors (Lipinski definition) is 0. The first-order chi connectivity index (χ1) is 10.3. The molecule has 0 radical (unpaired) electrons. The second-order valence-electron chi connectivity index (χ2n) is 4.39. The zero-order valence-electron chi connectivity index (χ0n) is 10.6. The van der Waals surface area contributed by atoms with E-state index in [9.17, 15) is 0 Å². The molecule has 8 heteroatoms. The summed E-state index contributed by atoms with van der Waals surface area (Å²) in [4.78, 5) is 4.30. The van der Waals surface area contributed by atoms with Crippen molar-refractivity contribution in [3.05, 3.63) is 47.0 Å². The Bertz CT molecular complexity index is 896. The molecule has 0 saturated carbocycles. The molecule has 0 amide bonds. The molecule has 104 valence electrons. The molecule has 0 atom stereocenters. The average molecular weight is 346 g/mol. The lowest BCUT2D eigenvalue weighted by Gasteiger charge is -1.91. The predicted octanol–water partition coefficient (Wildman–Crippen LogP) is 2.89. The zero-order valence-corrected chi connectivity index (χ0v) is 12.2. The van der Waals surface area contributed by atoms with Gasteiger partial charge in [-0.05, 0) is 28.1 Å². The molecule has 0 bridgehead atoms. The van der Waals surface area contributed by atoms with Gasteiger partial charge in [-0.1, -0.05) is 22.5 Å². The number of furan rings is 1. The maximum atomic E-state index is 5.76. The lowest BCUT2D eigenvalue weighted by Crippen LogP contribution is -2.02. The molecule has 0 N–H and O–H groups in total. The van der Waals surface area contributed by atoms with Crippen molar-refractivity contribution in [2.45, 2.75) is 6.54 Å². The van der Waals surface area contributed by atoms with Crippen LogP contribution >= 0.6 is 15.9 Å². The highest BCUT2D eigenvalue weighted by Gasteiger charge is 2.15. The van der Waals surface area contributed by atoms with Crippen LogP contribution in [-0.2, 0) is 6.54 Å². The van der Waals surface area contributed by atoms with Crippen molar-refractivity contribution in [2.75, 3.05) is 0 Å². The van der Waals surface area contributed by atoms with Crippen molar-refractivity contribution in [3.63, 3.8) is 0 Å². The molecule has 21 heavy (non-hydrogen) atoms. The Hall–Kier alpha value is -2.48. The van der Waals surface area contributed by atoms with Crippen LogP contribution in [0.15, 0.2) is 50.1 Å². The third-order valence-corrected chi connectivity index (χ3v) is 3.57. The van der Waals surface area contributed by atoms with Gasteiger partial charge in [-0.2, -0.15) is 4.98 Å². The summed E-state index contributed by atoms with van der Waals surface area (Å²) in [5, 5.41) is 12.5. The molecule has 3 heterocycles. The monoisotopic (exact) mass is 345 g/mol. The fourth-order valence-electron chi connectivity index (χ4n) is 2.01. The van der Waals surface area contributed by atoms with E-state index in [1.54, 1.807) is 17.1 Å². The molecule has 0 aliphatic heterocycles. The van der Waals surface area contributed by atoms with Crippen molar-refractivity contribution in [1.82, 2.24) is 25.1 Å². The van der Waals surface area contributed by atoms with E-state index >= 15 is 0 Å². The lowest BCUT2D eigenvalue weighted by atomic mass is 10.2. The number of nitrogens with zero attached hydrogens (tertiary/aromatic N) is 5. The average Bonchev–Trinajstić information content (AvgIpc) is 3.18. The normalized spacial score (nSPS) is 11.3. The summed E-state index contributed by atoms with van der Waals surface area (Å²) in [7, 11) is 0. The maximum absolute atomic E-state index is 5.76. The van der Waals surface area contributed by atoms with Gasteiger partial charge in [0.05, 0.1) is 10.7 Å². The quantitative estimate of drug-likeness (QED) is 0.567. The van der Waals surface area contributed by atoms with Gasteiger partial charge in [0.2, 0.25) is 0 Å². The van der Waals surface area contributed by atoms with E-state index in [0.717, 1.165) is 15.4 Å². The van der Waals surface area contributed by atoms with E-state index in [0.29, 0.717) is 24.0 Å². The Morgan fingerprint density at radius 2 is 2.24 bits per heavy atom. The third kappa shape index (κ3) is 2.23. The van der Waals surface area contributed by atoms with Gasteiger partial charge in [-0.25, -0.2) is 4.68 Å². The fourth-order valence-corrected chi connectivity index (χ4v) is 2.48. The van der Waals surface area contributed by atoms with Gasteiger partial charge in [-0.3, -0.25) is 0 Å². The van der Waals surface area contributed by atoms with Crippen LogP contribution in [0.5, 0.6) is 0 Å². The maximum Gasteiger partial charge on any atom is 0.293 e. The molecule has 0 saturated heterocycles. The number of fused-ring (bicyclic) bond motifs is 1. The molecule has 0 unspecified atom stereocenters. The van der Waals surface area contributed by atoms with Crippen LogP contribution in [0.4, 0.5) is 0 Å². The van der Waals surface area contributed by atoms with E-state index < -0.39 is 0 Å². The summed E-state index contributed by atoms with van der Waals surface area (Å²) in [6.45, 7) is 0.396. The minimum absolute atomic E-state index is 0.341. The Kier molecular flexibility index (Phi) is 2.81. The van der Waals surface area contributed by atoms with Crippen molar-refractivity contribution < 1.29 is 8.94 Å². The second-order valence-corrected chi connectivity index (χ2v) is 5.24. The molecule has 7 nitrogen and oxygen atoms in total. The first kappa shape index (κ1) is 12.3. The van der Waals surface area contributed by atoms with Crippen LogP contribution in [0.25, 0.3) is 22.6 Å². The van der Waals surface area contributed by atoms with Crippen molar-refractivity contribution >= 4 is 26.9 Å². The summed E-state index contributed by atoms with van der Waals surface area (Å²) in [5.41, 5.74) is 0.753. The molecular weight excluding hydrogens is 338 g/mol.